The summed E-state index contributed by atoms with van der Waals surface area (Å²) in [4.78, 5) is 0. The summed E-state index contributed by atoms with van der Waals surface area (Å²) < 4.78 is 13.0. The molecule has 64 valence electrons. The Bertz CT molecular complexity index is 272. The van der Waals surface area contributed by atoms with E-state index in [2.05, 4.69) is 0 Å². The van der Waals surface area contributed by atoms with Crippen molar-refractivity contribution in [3.8, 4) is 0 Å². The lowest BCUT2D eigenvalue weighted by atomic mass is 10.2. The van der Waals surface area contributed by atoms with E-state index < -0.39 is 0 Å². The number of halogens is 2. The van der Waals surface area contributed by atoms with Crippen LogP contribution < -0.4 is 0 Å². The molecule has 0 aliphatic heterocycles. The first-order valence-electron chi connectivity index (χ1n) is 3.86. The molecule has 12 heavy (non-hydrogen) atoms. The lowest BCUT2D eigenvalue weighted by Crippen LogP contribution is -1.81. The zero-order valence-electron chi connectivity index (χ0n) is 6.85. The second kappa shape index (κ2) is 4.27. The van der Waals surface area contributed by atoms with Crippen LogP contribution in [-0.2, 0) is 0 Å². The summed E-state index contributed by atoms with van der Waals surface area (Å²) in [5.41, 5.74) is 0.473. The fraction of sp³-hybridized carbons (Fsp3) is 0.200. The molecule has 0 spiro atoms. The highest BCUT2D eigenvalue weighted by molar-refractivity contribution is 6.32. The molecule has 1 rings (SSSR count). The molecule has 2 heteroatoms. The lowest BCUT2D eigenvalue weighted by molar-refractivity contribution is 0.625. The van der Waals surface area contributed by atoms with Crippen LogP contribution in [0.15, 0.2) is 24.3 Å². The van der Waals surface area contributed by atoms with Crippen LogP contribution in [0.25, 0.3) is 6.08 Å². The minimum Gasteiger partial charge on any atom is -0.206 e. The molecule has 0 aliphatic rings. The van der Waals surface area contributed by atoms with Crippen LogP contribution in [0.1, 0.15) is 18.9 Å². The summed E-state index contributed by atoms with van der Waals surface area (Å²) in [6.45, 7) is 1.99. The maximum Gasteiger partial charge on any atom is 0.131 e. The monoisotopic (exact) mass is 184 g/mol. The maximum absolute atomic E-state index is 13.0. The lowest BCUT2D eigenvalue weighted by Gasteiger charge is -1.98. The van der Waals surface area contributed by atoms with Gasteiger partial charge in [0.2, 0.25) is 0 Å². The summed E-state index contributed by atoms with van der Waals surface area (Å²) in [5, 5.41) is 0.458. The molecule has 0 bridgehead atoms. The second-order valence-corrected chi connectivity index (χ2v) is 2.85. The molecule has 0 heterocycles. The number of allylic oxidation sites excluding steroid dienone is 1. The molecule has 1 aromatic rings. The fourth-order valence-corrected chi connectivity index (χ4v) is 1.13. The quantitative estimate of drug-likeness (QED) is 0.654. The zero-order chi connectivity index (χ0) is 8.97. The molecule has 1 aromatic carbocycles. The van der Waals surface area contributed by atoms with Gasteiger partial charge in [-0.05, 0) is 18.6 Å². The van der Waals surface area contributed by atoms with Gasteiger partial charge < -0.3 is 0 Å². The van der Waals surface area contributed by atoms with Crippen molar-refractivity contribution in [2.45, 2.75) is 13.3 Å². The maximum atomic E-state index is 13.0. The van der Waals surface area contributed by atoms with Gasteiger partial charge in [-0.25, -0.2) is 4.39 Å². The number of hydrogen-bond donors (Lipinski definition) is 0. The molecule has 0 atom stereocenters. The molecular formula is C10H10ClF. The zero-order valence-corrected chi connectivity index (χ0v) is 7.61. The highest BCUT2D eigenvalue weighted by atomic mass is 35.5. The second-order valence-electron chi connectivity index (χ2n) is 2.45. The fourth-order valence-electron chi connectivity index (χ4n) is 0.906. The van der Waals surface area contributed by atoms with E-state index in [4.69, 9.17) is 11.6 Å². The highest BCUT2D eigenvalue weighted by Crippen LogP contribution is 2.20. The Hall–Kier alpha value is -0.820. The summed E-state index contributed by atoms with van der Waals surface area (Å²) in [6.07, 6.45) is 4.46. The Morgan fingerprint density at radius 1 is 1.50 bits per heavy atom. The van der Waals surface area contributed by atoms with Crippen LogP contribution >= 0.6 is 11.6 Å². The molecule has 0 radical (unpaired) electrons. The first kappa shape index (κ1) is 9.27. The van der Waals surface area contributed by atoms with Gasteiger partial charge in [0.1, 0.15) is 5.82 Å². The smallest absolute Gasteiger partial charge is 0.131 e. The van der Waals surface area contributed by atoms with Crippen LogP contribution in [0, 0.1) is 5.82 Å². The Morgan fingerprint density at radius 3 is 2.83 bits per heavy atom. The third kappa shape index (κ3) is 2.08. The standard InChI is InChI=1S/C10H10ClF/c1-2-3-5-8-9(11)6-4-7-10(8)12/h3-7H,2H2,1H3/b5-3-. The van der Waals surface area contributed by atoms with Gasteiger partial charge in [0.25, 0.3) is 0 Å². The van der Waals surface area contributed by atoms with Crippen molar-refractivity contribution in [3.63, 3.8) is 0 Å². The minimum atomic E-state index is -0.271. The normalized spacial score (nSPS) is 10.9. The Balaban J connectivity index is 3.04. The topological polar surface area (TPSA) is 0 Å². The van der Waals surface area contributed by atoms with E-state index in [1.54, 1.807) is 18.2 Å². The van der Waals surface area contributed by atoms with Crippen molar-refractivity contribution in [1.82, 2.24) is 0 Å². The molecule has 0 aliphatic carbocycles. The van der Waals surface area contributed by atoms with Crippen molar-refractivity contribution in [3.05, 3.63) is 40.7 Å². The summed E-state index contributed by atoms with van der Waals surface area (Å²) in [7, 11) is 0. The van der Waals surface area contributed by atoms with Crippen LogP contribution in [0.5, 0.6) is 0 Å². The summed E-state index contributed by atoms with van der Waals surface area (Å²) in [6, 6.07) is 4.68. The first-order chi connectivity index (χ1) is 5.75. The molecule has 0 aromatic heterocycles. The molecule has 0 fully saturated rings. The molecule has 0 unspecified atom stereocenters. The van der Waals surface area contributed by atoms with Gasteiger partial charge in [0.05, 0.1) is 5.02 Å². The summed E-state index contributed by atoms with van der Waals surface area (Å²) >= 11 is 5.77. The minimum absolute atomic E-state index is 0.271. The molecule has 0 saturated carbocycles. The SMILES string of the molecule is CC/C=C\c1c(F)cccc1Cl. The van der Waals surface area contributed by atoms with Crippen LogP contribution in [0.4, 0.5) is 4.39 Å². The van der Waals surface area contributed by atoms with E-state index in [9.17, 15) is 4.39 Å². The van der Waals surface area contributed by atoms with E-state index in [1.165, 1.54) is 6.07 Å². The van der Waals surface area contributed by atoms with Gasteiger partial charge in [0, 0.05) is 5.56 Å². The average molecular weight is 185 g/mol. The van der Waals surface area contributed by atoms with Gasteiger partial charge in [0.15, 0.2) is 0 Å². The van der Waals surface area contributed by atoms with Gasteiger partial charge in [-0.3, -0.25) is 0 Å². The summed E-state index contributed by atoms with van der Waals surface area (Å²) in [5.74, 6) is -0.271. The number of rotatable bonds is 2. The largest absolute Gasteiger partial charge is 0.206 e. The van der Waals surface area contributed by atoms with Crippen molar-refractivity contribution in [2.75, 3.05) is 0 Å². The molecular weight excluding hydrogens is 175 g/mol. The van der Waals surface area contributed by atoms with Crippen LogP contribution in [0.2, 0.25) is 5.02 Å². The van der Waals surface area contributed by atoms with Crippen molar-refractivity contribution >= 4 is 17.7 Å². The van der Waals surface area contributed by atoms with Gasteiger partial charge in [-0.15, -0.1) is 0 Å². The van der Waals surface area contributed by atoms with E-state index in [1.807, 2.05) is 13.0 Å². The Morgan fingerprint density at radius 2 is 2.25 bits per heavy atom. The highest BCUT2D eigenvalue weighted by Gasteiger charge is 2.01. The van der Waals surface area contributed by atoms with Crippen LogP contribution in [-0.4, -0.2) is 0 Å². The number of hydrogen-bond acceptors (Lipinski definition) is 0. The predicted octanol–water partition coefficient (Wildman–Crippen LogP) is 3.90. The van der Waals surface area contributed by atoms with E-state index in [0.29, 0.717) is 10.6 Å². The average Bonchev–Trinajstić information content (AvgIpc) is 2.04. The van der Waals surface area contributed by atoms with Crippen LogP contribution in [0.3, 0.4) is 0 Å². The Labute approximate surface area is 76.7 Å². The van der Waals surface area contributed by atoms with Gasteiger partial charge >= 0.3 is 0 Å². The van der Waals surface area contributed by atoms with E-state index >= 15 is 0 Å². The number of benzene rings is 1. The Kier molecular flexibility index (Phi) is 3.30. The molecule has 0 nitrogen and oxygen atoms in total. The van der Waals surface area contributed by atoms with Crippen molar-refractivity contribution in [2.24, 2.45) is 0 Å². The first-order valence-corrected chi connectivity index (χ1v) is 4.24. The van der Waals surface area contributed by atoms with E-state index in [-0.39, 0.29) is 5.82 Å². The van der Waals surface area contributed by atoms with Crippen molar-refractivity contribution in [1.29, 1.82) is 0 Å². The van der Waals surface area contributed by atoms with Crippen molar-refractivity contribution < 1.29 is 4.39 Å². The van der Waals surface area contributed by atoms with E-state index in [0.717, 1.165) is 6.42 Å². The third-order valence-corrected chi connectivity index (χ3v) is 1.85. The molecule has 0 amide bonds. The van der Waals surface area contributed by atoms with Gasteiger partial charge in [-0.1, -0.05) is 36.7 Å². The van der Waals surface area contributed by atoms with Gasteiger partial charge in [-0.2, -0.15) is 0 Å². The molecule has 0 saturated heterocycles. The third-order valence-electron chi connectivity index (χ3n) is 1.52. The molecule has 0 N–H and O–H groups in total. The predicted molar refractivity (Wildman–Crippen MR) is 50.7 cm³/mol.